The van der Waals surface area contributed by atoms with E-state index in [1.807, 2.05) is 0 Å². The zero-order valence-corrected chi connectivity index (χ0v) is 11.1. The van der Waals surface area contributed by atoms with Crippen LogP contribution in [0.4, 0.5) is 0 Å². The minimum Gasteiger partial charge on any atom is -0.388 e. The summed E-state index contributed by atoms with van der Waals surface area (Å²) in [4.78, 5) is 0. The largest absolute Gasteiger partial charge is 0.388 e. The Hall–Kier alpha value is -0.550. The smallest absolute Gasteiger partial charge is 0.0812 e. The summed E-state index contributed by atoms with van der Waals surface area (Å²) in [5.74, 6) is 0.320. The molecular formula is C14H25NO. The molecule has 0 aliphatic heterocycles. The molecule has 1 aliphatic rings. The Balaban J connectivity index is 2.86. The van der Waals surface area contributed by atoms with Crippen molar-refractivity contribution in [2.75, 3.05) is 0 Å². The van der Waals surface area contributed by atoms with Crippen molar-refractivity contribution in [3.05, 3.63) is 0 Å². The summed E-state index contributed by atoms with van der Waals surface area (Å²) in [5, 5.41) is 20.0. The Kier molecular flexibility index (Phi) is 4.02. The van der Waals surface area contributed by atoms with Crippen LogP contribution in [0.5, 0.6) is 0 Å². The number of hydrogen-bond acceptors (Lipinski definition) is 2. The van der Waals surface area contributed by atoms with Gasteiger partial charge in [-0.3, -0.25) is 0 Å². The van der Waals surface area contributed by atoms with Gasteiger partial charge in [-0.1, -0.05) is 34.1 Å². The second-order valence-electron chi connectivity index (χ2n) is 6.43. The lowest BCUT2D eigenvalue weighted by molar-refractivity contribution is -0.0864. The molecule has 0 aromatic carbocycles. The lowest BCUT2D eigenvalue weighted by Gasteiger charge is -2.46. The van der Waals surface area contributed by atoms with E-state index in [0.29, 0.717) is 5.92 Å². The highest BCUT2D eigenvalue weighted by molar-refractivity contribution is 5.04. The molecule has 0 saturated heterocycles. The highest BCUT2D eigenvalue weighted by atomic mass is 16.3. The Morgan fingerprint density at radius 1 is 1.44 bits per heavy atom. The standard InChI is InChI=1S/C14H25NO/c1-5-6-12(9-15)14(16)8-11(2)7-13(3,4)10-14/h11-12,16H,5-8,10H2,1-4H3. The SMILES string of the molecule is CCCC(C#N)C1(O)CC(C)CC(C)(C)C1. The van der Waals surface area contributed by atoms with E-state index in [1.54, 1.807) is 0 Å². The third kappa shape index (κ3) is 2.98. The summed E-state index contributed by atoms with van der Waals surface area (Å²) in [5.41, 5.74) is -0.596. The first-order chi connectivity index (χ1) is 7.33. The predicted octanol–water partition coefficient (Wildman–Crippen LogP) is 3.50. The van der Waals surface area contributed by atoms with Crippen LogP contribution in [0.15, 0.2) is 0 Å². The molecule has 0 radical (unpaired) electrons. The molecule has 1 saturated carbocycles. The van der Waals surface area contributed by atoms with E-state index < -0.39 is 5.60 Å². The second kappa shape index (κ2) is 4.75. The Bertz CT molecular complexity index is 279. The maximum atomic E-state index is 10.7. The number of nitrogens with zero attached hydrogens (tertiary/aromatic N) is 1. The van der Waals surface area contributed by atoms with Gasteiger partial charge in [-0.05, 0) is 37.0 Å². The first kappa shape index (κ1) is 13.5. The molecule has 3 atom stereocenters. The molecule has 0 spiro atoms. The zero-order chi connectivity index (χ0) is 12.4. The predicted molar refractivity (Wildman–Crippen MR) is 65.8 cm³/mol. The van der Waals surface area contributed by atoms with Crippen molar-refractivity contribution >= 4 is 0 Å². The maximum Gasteiger partial charge on any atom is 0.0812 e. The summed E-state index contributed by atoms with van der Waals surface area (Å²) < 4.78 is 0. The van der Waals surface area contributed by atoms with Crippen LogP contribution >= 0.6 is 0 Å². The molecule has 2 heteroatoms. The van der Waals surface area contributed by atoms with E-state index in [0.717, 1.165) is 32.1 Å². The summed E-state index contributed by atoms with van der Waals surface area (Å²) in [6.07, 6.45) is 4.49. The quantitative estimate of drug-likeness (QED) is 0.795. The number of rotatable bonds is 3. The van der Waals surface area contributed by atoms with Crippen molar-refractivity contribution in [3.63, 3.8) is 0 Å². The molecule has 1 rings (SSSR count). The topological polar surface area (TPSA) is 44.0 Å². The van der Waals surface area contributed by atoms with E-state index in [2.05, 4.69) is 33.8 Å². The fourth-order valence-corrected chi connectivity index (χ4v) is 3.60. The molecule has 16 heavy (non-hydrogen) atoms. The molecule has 2 nitrogen and oxygen atoms in total. The van der Waals surface area contributed by atoms with Crippen molar-refractivity contribution in [2.45, 2.75) is 65.4 Å². The summed E-state index contributed by atoms with van der Waals surface area (Å²) in [6.45, 7) is 8.67. The van der Waals surface area contributed by atoms with Gasteiger partial charge < -0.3 is 5.11 Å². The zero-order valence-electron chi connectivity index (χ0n) is 11.1. The molecule has 0 aromatic heterocycles. The highest BCUT2D eigenvalue weighted by Crippen LogP contribution is 2.47. The average molecular weight is 223 g/mol. The van der Waals surface area contributed by atoms with Crippen LogP contribution in [-0.2, 0) is 0 Å². The normalized spacial score (nSPS) is 35.4. The van der Waals surface area contributed by atoms with Crippen LogP contribution in [-0.4, -0.2) is 10.7 Å². The van der Waals surface area contributed by atoms with Gasteiger partial charge in [-0.25, -0.2) is 0 Å². The summed E-state index contributed by atoms with van der Waals surface area (Å²) in [6, 6.07) is 2.32. The van der Waals surface area contributed by atoms with Crippen LogP contribution in [0, 0.1) is 28.6 Å². The van der Waals surface area contributed by atoms with E-state index in [1.165, 1.54) is 0 Å². The average Bonchev–Trinajstić information content (AvgIpc) is 2.09. The van der Waals surface area contributed by atoms with Crippen molar-refractivity contribution in [3.8, 4) is 6.07 Å². The fraction of sp³-hybridized carbons (Fsp3) is 0.929. The minimum atomic E-state index is -0.758. The molecule has 0 bridgehead atoms. The molecule has 0 aromatic rings. The lowest BCUT2D eigenvalue weighted by atomic mass is 9.61. The number of aliphatic hydroxyl groups is 1. The molecule has 1 fully saturated rings. The van der Waals surface area contributed by atoms with Crippen LogP contribution in [0.25, 0.3) is 0 Å². The first-order valence-electron chi connectivity index (χ1n) is 6.45. The maximum absolute atomic E-state index is 10.7. The Morgan fingerprint density at radius 3 is 2.50 bits per heavy atom. The lowest BCUT2D eigenvalue weighted by Crippen LogP contribution is -2.47. The van der Waals surface area contributed by atoms with Gasteiger partial charge in [0, 0.05) is 0 Å². The fourth-order valence-electron chi connectivity index (χ4n) is 3.60. The van der Waals surface area contributed by atoms with Crippen molar-refractivity contribution in [2.24, 2.45) is 17.3 Å². The Labute approximate surface area is 99.7 Å². The van der Waals surface area contributed by atoms with Crippen LogP contribution < -0.4 is 0 Å². The van der Waals surface area contributed by atoms with E-state index >= 15 is 0 Å². The number of nitriles is 1. The molecular weight excluding hydrogens is 198 g/mol. The van der Waals surface area contributed by atoms with Crippen LogP contribution in [0.3, 0.4) is 0 Å². The summed E-state index contributed by atoms with van der Waals surface area (Å²) in [7, 11) is 0. The molecule has 1 N–H and O–H groups in total. The first-order valence-corrected chi connectivity index (χ1v) is 6.45. The molecule has 3 unspecified atom stereocenters. The summed E-state index contributed by atoms with van der Waals surface area (Å²) >= 11 is 0. The van der Waals surface area contributed by atoms with Crippen molar-refractivity contribution in [1.82, 2.24) is 0 Å². The number of hydrogen-bond donors (Lipinski definition) is 1. The van der Waals surface area contributed by atoms with Gasteiger partial charge in [0.05, 0.1) is 17.6 Å². The van der Waals surface area contributed by atoms with Gasteiger partial charge in [-0.2, -0.15) is 5.26 Å². The van der Waals surface area contributed by atoms with Crippen LogP contribution in [0.1, 0.15) is 59.8 Å². The van der Waals surface area contributed by atoms with Gasteiger partial charge in [0.1, 0.15) is 0 Å². The monoisotopic (exact) mass is 223 g/mol. The van der Waals surface area contributed by atoms with Crippen molar-refractivity contribution in [1.29, 1.82) is 5.26 Å². The van der Waals surface area contributed by atoms with Gasteiger partial charge in [0.15, 0.2) is 0 Å². The third-order valence-corrected chi connectivity index (χ3v) is 3.77. The molecule has 92 valence electrons. The van der Waals surface area contributed by atoms with Gasteiger partial charge in [0.25, 0.3) is 0 Å². The molecule has 1 aliphatic carbocycles. The molecule has 0 heterocycles. The molecule has 0 amide bonds. The third-order valence-electron chi connectivity index (χ3n) is 3.77. The van der Waals surface area contributed by atoms with Gasteiger partial charge in [0.2, 0.25) is 0 Å². The van der Waals surface area contributed by atoms with Crippen molar-refractivity contribution < 1.29 is 5.11 Å². The minimum absolute atomic E-state index is 0.162. The van der Waals surface area contributed by atoms with Gasteiger partial charge >= 0.3 is 0 Å². The van der Waals surface area contributed by atoms with E-state index in [4.69, 9.17) is 0 Å². The second-order valence-corrected chi connectivity index (χ2v) is 6.43. The van der Waals surface area contributed by atoms with E-state index in [-0.39, 0.29) is 11.3 Å². The Morgan fingerprint density at radius 2 is 2.06 bits per heavy atom. The van der Waals surface area contributed by atoms with E-state index in [9.17, 15) is 10.4 Å². The van der Waals surface area contributed by atoms with Crippen LogP contribution in [0.2, 0.25) is 0 Å². The van der Waals surface area contributed by atoms with Gasteiger partial charge in [-0.15, -0.1) is 0 Å². The highest BCUT2D eigenvalue weighted by Gasteiger charge is 2.46.